The highest BCUT2D eigenvalue weighted by Crippen LogP contribution is 1.88. The molecule has 0 fully saturated rings. The van der Waals surface area contributed by atoms with Gasteiger partial charge in [0.2, 0.25) is 0 Å². The molecule has 118 valence electrons. The van der Waals surface area contributed by atoms with Gasteiger partial charge in [-0.1, -0.05) is 13.2 Å². The Morgan fingerprint density at radius 3 is 1.52 bits per heavy atom. The predicted octanol–water partition coefficient (Wildman–Crippen LogP) is 0.615. The van der Waals surface area contributed by atoms with E-state index < -0.39 is 18.1 Å². The quantitative estimate of drug-likeness (QED) is 0.237. The number of ether oxygens (including phenoxy) is 5. The Kier molecular flexibility index (Phi) is 11.3. The average Bonchev–Trinajstić information content (AvgIpc) is 2.49. The Hall–Kier alpha value is -2.35. The molecule has 21 heavy (non-hydrogen) atoms. The third-order valence-electron chi connectivity index (χ3n) is 1.80. The van der Waals surface area contributed by atoms with E-state index in [1.165, 1.54) is 0 Å². The van der Waals surface area contributed by atoms with Crippen LogP contribution in [0.15, 0.2) is 25.3 Å². The minimum absolute atomic E-state index is 0.0132. The molecule has 0 aliphatic heterocycles. The zero-order valence-corrected chi connectivity index (χ0v) is 11.6. The second-order valence-electron chi connectivity index (χ2n) is 3.30. The van der Waals surface area contributed by atoms with Crippen molar-refractivity contribution in [1.82, 2.24) is 0 Å². The summed E-state index contributed by atoms with van der Waals surface area (Å²) in [4.78, 5) is 32.3. The Bertz CT molecular complexity index is 363. The van der Waals surface area contributed by atoms with Gasteiger partial charge in [0.15, 0.2) is 0 Å². The summed E-state index contributed by atoms with van der Waals surface area (Å²) < 4.78 is 23.5. The normalized spacial score (nSPS) is 9.33. The fourth-order valence-corrected chi connectivity index (χ4v) is 0.914. The van der Waals surface area contributed by atoms with Gasteiger partial charge < -0.3 is 23.7 Å². The molecule has 0 atom stereocenters. The maximum atomic E-state index is 11.0. The SMILES string of the molecule is C=CC(=O)OCCOCCOC(=O)OCCOC(=O)C=C. The van der Waals surface area contributed by atoms with E-state index >= 15 is 0 Å². The molecule has 0 aromatic rings. The van der Waals surface area contributed by atoms with E-state index in [4.69, 9.17) is 4.74 Å². The molecular formula is C13H18O8. The van der Waals surface area contributed by atoms with Crippen molar-refractivity contribution in [2.75, 3.05) is 39.6 Å². The standard InChI is InChI=1S/C13H18O8/c1-3-11(14)18-7-5-17-6-8-20-13(16)21-10-9-19-12(15)4-2/h3-4H,1-2,5-10H2. The summed E-state index contributed by atoms with van der Waals surface area (Å²) in [5, 5.41) is 0. The van der Waals surface area contributed by atoms with E-state index in [0.29, 0.717) is 0 Å². The van der Waals surface area contributed by atoms with E-state index in [2.05, 4.69) is 32.1 Å². The van der Waals surface area contributed by atoms with Crippen LogP contribution in [0.1, 0.15) is 0 Å². The predicted molar refractivity (Wildman–Crippen MR) is 70.4 cm³/mol. The molecule has 0 unspecified atom stereocenters. The second-order valence-corrected chi connectivity index (χ2v) is 3.30. The molecule has 0 heterocycles. The van der Waals surface area contributed by atoms with Crippen molar-refractivity contribution in [2.45, 2.75) is 0 Å². The van der Waals surface area contributed by atoms with Crippen molar-refractivity contribution in [1.29, 1.82) is 0 Å². The van der Waals surface area contributed by atoms with Crippen molar-refractivity contribution < 1.29 is 38.1 Å². The molecule has 0 saturated heterocycles. The summed E-state index contributed by atoms with van der Waals surface area (Å²) in [5.41, 5.74) is 0. The van der Waals surface area contributed by atoms with E-state index in [1.54, 1.807) is 0 Å². The van der Waals surface area contributed by atoms with E-state index in [1.807, 2.05) is 0 Å². The Balaban J connectivity index is 3.34. The van der Waals surface area contributed by atoms with Crippen LogP contribution in [-0.2, 0) is 33.3 Å². The first kappa shape index (κ1) is 18.7. The fraction of sp³-hybridized carbons (Fsp3) is 0.462. The first-order chi connectivity index (χ1) is 10.1. The van der Waals surface area contributed by atoms with Crippen molar-refractivity contribution in [3.05, 3.63) is 25.3 Å². The minimum Gasteiger partial charge on any atom is -0.460 e. The van der Waals surface area contributed by atoms with Crippen LogP contribution in [-0.4, -0.2) is 57.7 Å². The Labute approximate surface area is 122 Å². The maximum Gasteiger partial charge on any atom is 0.508 e. The van der Waals surface area contributed by atoms with Crippen molar-refractivity contribution >= 4 is 18.1 Å². The lowest BCUT2D eigenvalue weighted by Crippen LogP contribution is -2.17. The van der Waals surface area contributed by atoms with Gasteiger partial charge in [0.25, 0.3) is 0 Å². The molecule has 8 nitrogen and oxygen atoms in total. The smallest absolute Gasteiger partial charge is 0.460 e. The first-order valence-corrected chi connectivity index (χ1v) is 6.05. The summed E-state index contributed by atoms with van der Waals surface area (Å²) in [7, 11) is 0. The zero-order chi connectivity index (χ0) is 15.9. The fourth-order valence-electron chi connectivity index (χ4n) is 0.914. The molecule has 0 N–H and O–H groups in total. The van der Waals surface area contributed by atoms with Crippen LogP contribution in [0.4, 0.5) is 4.79 Å². The summed E-state index contributed by atoms with van der Waals surface area (Å²) in [5.74, 6) is -1.13. The highest BCUT2D eigenvalue weighted by Gasteiger charge is 2.04. The van der Waals surface area contributed by atoms with E-state index in [-0.39, 0.29) is 39.6 Å². The highest BCUT2D eigenvalue weighted by atomic mass is 16.7. The number of hydrogen-bond donors (Lipinski definition) is 0. The van der Waals surface area contributed by atoms with Crippen LogP contribution < -0.4 is 0 Å². The van der Waals surface area contributed by atoms with E-state index in [9.17, 15) is 14.4 Å². The topological polar surface area (TPSA) is 97.4 Å². The van der Waals surface area contributed by atoms with Crippen LogP contribution in [0.5, 0.6) is 0 Å². The van der Waals surface area contributed by atoms with Crippen molar-refractivity contribution in [3.8, 4) is 0 Å². The second kappa shape index (κ2) is 12.7. The average molecular weight is 302 g/mol. The number of rotatable bonds is 11. The Morgan fingerprint density at radius 1 is 0.667 bits per heavy atom. The first-order valence-electron chi connectivity index (χ1n) is 6.05. The zero-order valence-electron chi connectivity index (χ0n) is 11.6. The van der Waals surface area contributed by atoms with Gasteiger partial charge in [-0.05, 0) is 0 Å². The summed E-state index contributed by atoms with van der Waals surface area (Å²) >= 11 is 0. The van der Waals surface area contributed by atoms with Crippen molar-refractivity contribution in [3.63, 3.8) is 0 Å². The molecule has 0 amide bonds. The monoisotopic (exact) mass is 302 g/mol. The lowest BCUT2D eigenvalue weighted by Gasteiger charge is -2.07. The van der Waals surface area contributed by atoms with Crippen LogP contribution in [0.2, 0.25) is 0 Å². The molecule has 0 aliphatic carbocycles. The molecule has 0 spiro atoms. The molecule has 0 aliphatic rings. The summed E-state index contributed by atoms with van der Waals surface area (Å²) in [6.45, 7) is 6.63. The molecule has 0 radical (unpaired) electrons. The molecule has 8 heteroatoms. The van der Waals surface area contributed by atoms with Gasteiger partial charge in [-0.25, -0.2) is 14.4 Å². The maximum absolute atomic E-state index is 11.0. The van der Waals surface area contributed by atoms with Gasteiger partial charge in [0.05, 0.1) is 13.2 Å². The summed E-state index contributed by atoms with van der Waals surface area (Å²) in [6, 6.07) is 0. The van der Waals surface area contributed by atoms with Crippen LogP contribution in [0.25, 0.3) is 0 Å². The van der Waals surface area contributed by atoms with Gasteiger partial charge in [0, 0.05) is 12.2 Å². The van der Waals surface area contributed by atoms with Gasteiger partial charge in [-0.15, -0.1) is 0 Å². The van der Waals surface area contributed by atoms with Crippen LogP contribution in [0, 0.1) is 0 Å². The molecule has 0 saturated carbocycles. The number of carbonyl (C=O) groups is 3. The third kappa shape index (κ3) is 12.4. The molecule has 0 rings (SSSR count). The lowest BCUT2D eigenvalue weighted by molar-refractivity contribution is -0.140. The van der Waals surface area contributed by atoms with E-state index in [0.717, 1.165) is 12.2 Å². The van der Waals surface area contributed by atoms with Gasteiger partial charge >= 0.3 is 18.1 Å². The van der Waals surface area contributed by atoms with Crippen LogP contribution in [0.3, 0.4) is 0 Å². The van der Waals surface area contributed by atoms with Crippen LogP contribution >= 0.6 is 0 Å². The van der Waals surface area contributed by atoms with Crippen molar-refractivity contribution in [2.24, 2.45) is 0 Å². The third-order valence-corrected chi connectivity index (χ3v) is 1.80. The largest absolute Gasteiger partial charge is 0.508 e. The highest BCUT2D eigenvalue weighted by molar-refractivity contribution is 5.81. The molecule has 0 bridgehead atoms. The number of hydrogen-bond acceptors (Lipinski definition) is 8. The molecule has 0 aromatic carbocycles. The minimum atomic E-state index is -0.897. The summed E-state index contributed by atoms with van der Waals surface area (Å²) in [6.07, 6.45) is 1.15. The number of esters is 2. The van der Waals surface area contributed by atoms with Gasteiger partial charge in [-0.2, -0.15) is 0 Å². The lowest BCUT2D eigenvalue weighted by atomic mass is 10.6. The number of carbonyl (C=O) groups excluding carboxylic acids is 3. The molecule has 0 aromatic heterocycles. The van der Waals surface area contributed by atoms with Gasteiger partial charge in [0.1, 0.15) is 26.4 Å². The van der Waals surface area contributed by atoms with Gasteiger partial charge in [-0.3, -0.25) is 0 Å². The Morgan fingerprint density at radius 2 is 1.05 bits per heavy atom. The molecular weight excluding hydrogens is 284 g/mol.